The lowest BCUT2D eigenvalue weighted by atomic mass is 9.95. The van der Waals surface area contributed by atoms with Gasteiger partial charge in [0, 0.05) is 0 Å². The summed E-state index contributed by atoms with van der Waals surface area (Å²) in [4.78, 5) is 10.4. The van der Waals surface area contributed by atoms with Crippen LogP contribution in [0.25, 0.3) is 0 Å². The lowest BCUT2D eigenvalue weighted by molar-refractivity contribution is -0.153. The van der Waals surface area contributed by atoms with Crippen molar-refractivity contribution in [1.82, 2.24) is 0 Å². The molecule has 0 fully saturated rings. The molecule has 0 heterocycles. The van der Waals surface area contributed by atoms with E-state index < -0.39 is 23.3 Å². The zero-order valence-electron chi connectivity index (χ0n) is 6.77. The molecular formula is C6H11ClF2N2O2. The largest absolute Gasteiger partial charge is 0.480 e. The summed E-state index contributed by atoms with van der Waals surface area (Å²) in [5, 5.41) is 4.49. The zero-order valence-corrected chi connectivity index (χ0v) is 7.52. The first-order chi connectivity index (χ1) is 5.75. The zero-order chi connectivity index (χ0) is 10.7. The molecule has 0 aliphatic heterocycles. The van der Waals surface area contributed by atoms with Crippen LogP contribution in [0.3, 0.4) is 0 Å². The Bertz CT molecular complexity index is 198. The highest BCUT2D eigenvalue weighted by atomic mass is 35.5. The second-order valence-electron chi connectivity index (χ2n) is 2.67. The third-order valence-corrected chi connectivity index (χ3v) is 2.00. The summed E-state index contributed by atoms with van der Waals surface area (Å²) in [6, 6.07) is 0. The number of rotatable bonds is 5. The SMILES string of the molecule is NCCCC(N)(C(=O)O)C(F)(F)Cl. The molecule has 0 saturated carbocycles. The number of nitrogens with two attached hydrogens (primary N) is 2. The van der Waals surface area contributed by atoms with Gasteiger partial charge in [0.25, 0.3) is 0 Å². The van der Waals surface area contributed by atoms with E-state index in [0.717, 1.165) is 0 Å². The topological polar surface area (TPSA) is 89.3 Å². The molecule has 0 aliphatic rings. The van der Waals surface area contributed by atoms with Gasteiger partial charge in [0.1, 0.15) is 0 Å². The van der Waals surface area contributed by atoms with E-state index >= 15 is 0 Å². The van der Waals surface area contributed by atoms with E-state index in [4.69, 9.17) is 16.6 Å². The van der Waals surface area contributed by atoms with Crippen molar-refractivity contribution in [2.24, 2.45) is 11.5 Å². The molecule has 0 amide bonds. The highest BCUT2D eigenvalue weighted by Gasteiger charge is 2.55. The van der Waals surface area contributed by atoms with Crippen molar-refractivity contribution in [3.63, 3.8) is 0 Å². The van der Waals surface area contributed by atoms with Gasteiger partial charge in [-0.3, -0.25) is 0 Å². The van der Waals surface area contributed by atoms with Gasteiger partial charge in [0.2, 0.25) is 0 Å². The van der Waals surface area contributed by atoms with Crippen LogP contribution in [0.4, 0.5) is 8.78 Å². The monoisotopic (exact) mass is 216 g/mol. The molecule has 0 rings (SSSR count). The van der Waals surface area contributed by atoms with Gasteiger partial charge in [-0.25, -0.2) is 4.79 Å². The van der Waals surface area contributed by atoms with Crippen molar-refractivity contribution in [3.8, 4) is 0 Å². The van der Waals surface area contributed by atoms with Crippen LogP contribution in [-0.2, 0) is 4.79 Å². The fraction of sp³-hybridized carbons (Fsp3) is 0.833. The summed E-state index contributed by atoms with van der Waals surface area (Å²) >= 11 is 4.59. The average molecular weight is 217 g/mol. The van der Waals surface area contributed by atoms with Crippen LogP contribution >= 0.6 is 11.6 Å². The molecule has 0 saturated heterocycles. The molecule has 13 heavy (non-hydrogen) atoms. The predicted molar refractivity (Wildman–Crippen MR) is 43.6 cm³/mol. The average Bonchev–Trinajstić information content (AvgIpc) is 1.97. The molecular weight excluding hydrogens is 206 g/mol. The number of carboxylic acids is 1. The van der Waals surface area contributed by atoms with Crippen molar-refractivity contribution in [3.05, 3.63) is 0 Å². The van der Waals surface area contributed by atoms with Gasteiger partial charge in [-0.15, -0.1) is 0 Å². The second-order valence-corrected chi connectivity index (χ2v) is 3.14. The molecule has 4 nitrogen and oxygen atoms in total. The summed E-state index contributed by atoms with van der Waals surface area (Å²) in [6.07, 6.45) is -0.388. The maximum absolute atomic E-state index is 12.6. The summed E-state index contributed by atoms with van der Waals surface area (Å²) in [5.41, 5.74) is 7.27. The van der Waals surface area contributed by atoms with Crippen molar-refractivity contribution >= 4 is 17.6 Å². The summed E-state index contributed by atoms with van der Waals surface area (Å²) in [6.45, 7) is 0.0825. The highest BCUT2D eigenvalue weighted by Crippen LogP contribution is 2.34. The van der Waals surface area contributed by atoms with Crippen LogP contribution in [0.15, 0.2) is 0 Å². The predicted octanol–water partition coefficient (Wildman–Crippen LogP) is 0.339. The van der Waals surface area contributed by atoms with E-state index in [0.29, 0.717) is 0 Å². The first kappa shape index (κ1) is 12.5. The van der Waals surface area contributed by atoms with E-state index in [2.05, 4.69) is 11.6 Å². The van der Waals surface area contributed by atoms with Gasteiger partial charge < -0.3 is 16.6 Å². The van der Waals surface area contributed by atoms with Crippen LogP contribution in [0.5, 0.6) is 0 Å². The van der Waals surface area contributed by atoms with E-state index in [1.165, 1.54) is 0 Å². The number of aliphatic carboxylic acids is 1. The minimum atomic E-state index is -3.98. The van der Waals surface area contributed by atoms with Crippen molar-refractivity contribution in [2.45, 2.75) is 23.8 Å². The quantitative estimate of drug-likeness (QED) is 0.578. The van der Waals surface area contributed by atoms with Gasteiger partial charge in [-0.05, 0) is 31.0 Å². The molecule has 0 aromatic carbocycles. The van der Waals surface area contributed by atoms with E-state index in [-0.39, 0.29) is 13.0 Å². The Morgan fingerprint density at radius 3 is 2.23 bits per heavy atom. The minimum absolute atomic E-state index is 0.0745. The summed E-state index contributed by atoms with van der Waals surface area (Å²) in [7, 11) is 0. The van der Waals surface area contributed by atoms with Crippen molar-refractivity contribution < 1.29 is 18.7 Å². The van der Waals surface area contributed by atoms with Gasteiger partial charge in [0.05, 0.1) is 0 Å². The fourth-order valence-electron chi connectivity index (χ4n) is 0.751. The number of carboxylic acid groups (broad SMARTS) is 1. The molecule has 0 radical (unpaired) electrons. The maximum Gasteiger partial charge on any atom is 0.350 e. The van der Waals surface area contributed by atoms with Crippen LogP contribution in [0, 0.1) is 0 Å². The number of hydrogen-bond donors (Lipinski definition) is 3. The second kappa shape index (κ2) is 4.17. The third-order valence-electron chi connectivity index (χ3n) is 1.66. The first-order valence-electron chi connectivity index (χ1n) is 3.55. The number of hydrogen-bond acceptors (Lipinski definition) is 3. The van der Waals surface area contributed by atoms with Crippen molar-refractivity contribution in [1.29, 1.82) is 0 Å². The first-order valence-corrected chi connectivity index (χ1v) is 3.92. The number of carbonyl (C=O) groups is 1. The molecule has 1 atom stereocenters. The van der Waals surface area contributed by atoms with Crippen LogP contribution < -0.4 is 11.5 Å². The van der Waals surface area contributed by atoms with Gasteiger partial charge in [0.15, 0.2) is 5.54 Å². The minimum Gasteiger partial charge on any atom is -0.480 e. The lowest BCUT2D eigenvalue weighted by Crippen LogP contribution is -2.59. The smallest absolute Gasteiger partial charge is 0.350 e. The van der Waals surface area contributed by atoms with Crippen molar-refractivity contribution in [2.75, 3.05) is 6.54 Å². The number of halogens is 3. The summed E-state index contributed by atoms with van der Waals surface area (Å²) < 4.78 is 25.1. The van der Waals surface area contributed by atoms with Crippen LogP contribution in [0.1, 0.15) is 12.8 Å². The van der Waals surface area contributed by atoms with E-state index in [9.17, 15) is 13.6 Å². The molecule has 0 aliphatic carbocycles. The van der Waals surface area contributed by atoms with Gasteiger partial charge >= 0.3 is 11.4 Å². The Kier molecular flexibility index (Phi) is 4.02. The molecule has 78 valence electrons. The van der Waals surface area contributed by atoms with E-state index in [1.54, 1.807) is 0 Å². The molecule has 0 aromatic rings. The standard InChI is InChI=1S/C6H11ClF2N2O2/c7-6(8,9)5(11,4(12)13)2-1-3-10/h1-3,10-11H2,(H,12,13). The van der Waals surface area contributed by atoms with Gasteiger partial charge in [-0.1, -0.05) is 0 Å². The molecule has 1 unspecified atom stereocenters. The van der Waals surface area contributed by atoms with Crippen LogP contribution in [-0.4, -0.2) is 28.5 Å². The third kappa shape index (κ3) is 2.75. The summed E-state index contributed by atoms with van der Waals surface area (Å²) in [5.74, 6) is -1.83. The van der Waals surface area contributed by atoms with Gasteiger partial charge in [-0.2, -0.15) is 8.78 Å². The Hall–Kier alpha value is -0.460. The molecule has 7 heteroatoms. The maximum atomic E-state index is 12.6. The normalized spacial score (nSPS) is 16.7. The Balaban J connectivity index is 4.64. The Labute approximate surface area is 78.8 Å². The van der Waals surface area contributed by atoms with E-state index in [1.807, 2.05) is 0 Å². The molecule has 0 spiro atoms. The highest BCUT2D eigenvalue weighted by molar-refractivity contribution is 6.24. The van der Waals surface area contributed by atoms with Crippen LogP contribution in [0.2, 0.25) is 0 Å². The Morgan fingerprint density at radius 1 is 1.54 bits per heavy atom. The fourth-order valence-corrected chi connectivity index (χ4v) is 0.926. The molecule has 0 aromatic heterocycles. The Morgan fingerprint density at radius 2 is 2.00 bits per heavy atom. The number of alkyl halides is 3. The molecule has 5 N–H and O–H groups in total. The lowest BCUT2D eigenvalue weighted by Gasteiger charge is -2.28. The molecule has 0 bridgehead atoms.